The summed E-state index contributed by atoms with van der Waals surface area (Å²) in [5.74, 6) is -0.974. The molecule has 0 radical (unpaired) electrons. The van der Waals surface area contributed by atoms with E-state index in [4.69, 9.17) is 0 Å². The van der Waals surface area contributed by atoms with Gasteiger partial charge in [-0.25, -0.2) is 0 Å². The highest BCUT2D eigenvalue weighted by molar-refractivity contribution is 7.85. The molecular formula is C34H67NO5S. The monoisotopic (exact) mass is 601 g/mol. The van der Waals surface area contributed by atoms with Gasteiger partial charge in [-0.1, -0.05) is 167 Å². The van der Waals surface area contributed by atoms with Crippen LogP contribution in [0, 0.1) is 0 Å². The van der Waals surface area contributed by atoms with Crippen LogP contribution in [0.5, 0.6) is 0 Å². The van der Waals surface area contributed by atoms with Crippen molar-refractivity contribution < 1.29 is 22.9 Å². The van der Waals surface area contributed by atoms with Gasteiger partial charge in [0.2, 0.25) is 5.91 Å². The second-order valence-electron chi connectivity index (χ2n) is 12.2. The van der Waals surface area contributed by atoms with E-state index in [1.165, 1.54) is 128 Å². The van der Waals surface area contributed by atoms with E-state index in [0.717, 1.165) is 38.5 Å². The van der Waals surface area contributed by atoms with Crippen LogP contribution in [0.4, 0.5) is 0 Å². The second-order valence-corrected chi connectivity index (χ2v) is 13.7. The molecular weight excluding hydrogens is 534 g/mol. The molecule has 0 bridgehead atoms. The number of hydrogen-bond acceptors (Lipinski definition) is 4. The number of unbranched alkanes of at least 4 members (excludes halogenated alkanes) is 23. The number of carbonyl (C=O) groups excluding carboxylic acids is 1. The summed E-state index contributed by atoms with van der Waals surface area (Å²) in [6.45, 7) is 4.44. The Bertz CT molecular complexity index is 710. The van der Waals surface area contributed by atoms with E-state index in [0.29, 0.717) is 6.42 Å². The third-order valence-electron chi connectivity index (χ3n) is 7.96. The molecule has 0 aromatic heterocycles. The molecule has 0 aromatic carbocycles. The summed E-state index contributed by atoms with van der Waals surface area (Å²) >= 11 is 0. The predicted octanol–water partition coefficient (Wildman–Crippen LogP) is 9.46. The largest absolute Gasteiger partial charge is 0.387 e. The van der Waals surface area contributed by atoms with Gasteiger partial charge in [0.15, 0.2) is 0 Å². The Labute approximate surface area is 254 Å². The number of nitrogens with one attached hydrogen (secondary N) is 1. The van der Waals surface area contributed by atoms with Crippen molar-refractivity contribution >= 4 is 16.0 Å². The number of rotatable bonds is 31. The predicted molar refractivity (Wildman–Crippen MR) is 175 cm³/mol. The minimum Gasteiger partial charge on any atom is -0.387 e. The summed E-state index contributed by atoms with van der Waals surface area (Å²) in [4.78, 5) is 12.4. The van der Waals surface area contributed by atoms with Crippen LogP contribution in [0.3, 0.4) is 0 Å². The number of carbonyl (C=O) groups is 1. The first-order chi connectivity index (χ1) is 19.8. The molecule has 244 valence electrons. The molecule has 0 saturated carbocycles. The van der Waals surface area contributed by atoms with Crippen molar-refractivity contribution in [2.45, 2.75) is 193 Å². The number of allylic oxidation sites excluding steroid dienone is 1. The summed E-state index contributed by atoms with van der Waals surface area (Å²) in [5, 5.41) is 13.0. The van der Waals surface area contributed by atoms with Crippen molar-refractivity contribution in [1.82, 2.24) is 5.32 Å². The topological polar surface area (TPSA) is 104 Å². The van der Waals surface area contributed by atoms with Gasteiger partial charge < -0.3 is 10.4 Å². The van der Waals surface area contributed by atoms with Crippen LogP contribution in [0.25, 0.3) is 0 Å². The number of amides is 1. The molecule has 2 unspecified atom stereocenters. The third-order valence-corrected chi connectivity index (χ3v) is 8.74. The van der Waals surface area contributed by atoms with E-state index < -0.39 is 28.0 Å². The Kier molecular flexibility index (Phi) is 28.5. The van der Waals surface area contributed by atoms with Crippen molar-refractivity contribution in [2.24, 2.45) is 0 Å². The molecule has 0 aliphatic heterocycles. The van der Waals surface area contributed by atoms with E-state index in [1.54, 1.807) is 0 Å². The van der Waals surface area contributed by atoms with Gasteiger partial charge in [0.25, 0.3) is 10.1 Å². The summed E-state index contributed by atoms with van der Waals surface area (Å²) in [7, 11) is -4.32. The lowest BCUT2D eigenvalue weighted by Gasteiger charge is -2.21. The van der Waals surface area contributed by atoms with Gasteiger partial charge in [0, 0.05) is 6.42 Å². The molecule has 7 heteroatoms. The fourth-order valence-corrected chi connectivity index (χ4v) is 6.07. The van der Waals surface area contributed by atoms with E-state index in [2.05, 4.69) is 19.2 Å². The third kappa shape index (κ3) is 30.3. The first-order valence-electron chi connectivity index (χ1n) is 17.4. The summed E-state index contributed by atoms with van der Waals surface area (Å²) < 4.78 is 32.1. The smallest absolute Gasteiger partial charge is 0.267 e. The second kappa shape index (κ2) is 29.2. The summed E-state index contributed by atoms with van der Waals surface area (Å²) in [6, 6.07) is -1.05. The zero-order valence-electron chi connectivity index (χ0n) is 26.9. The van der Waals surface area contributed by atoms with Crippen molar-refractivity contribution in [1.29, 1.82) is 0 Å². The van der Waals surface area contributed by atoms with Gasteiger partial charge in [-0.15, -0.1) is 0 Å². The van der Waals surface area contributed by atoms with Crippen molar-refractivity contribution in [3.63, 3.8) is 0 Å². The molecule has 0 fully saturated rings. The Morgan fingerprint density at radius 2 is 1.00 bits per heavy atom. The van der Waals surface area contributed by atoms with Crippen LogP contribution in [-0.2, 0) is 14.9 Å². The minimum absolute atomic E-state index is 0.280. The standard InChI is InChI=1S/C34H67NO5S/c1-3-5-7-9-11-12-13-14-15-16-17-18-19-20-21-22-24-26-28-30-34(37)35-32(31-41(38,39)40)33(36)29-27-25-23-10-8-6-4-2/h27,29,32-33,36H,3-26,28,30-31H2,1-2H3,(H,35,37)(H,38,39,40)/b29-27+. The first-order valence-corrected chi connectivity index (χ1v) is 19.0. The Morgan fingerprint density at radius 1 is 0.634 bits per heavy atom. The van der Waals surface area contributed by atoms with Crippen molar-refractivity contribution in [2.75, 3.05) is 5.75 Å². The van der Waals surface area contributed by atoms with E-state index in [-0.39, 0.29) is 5.91 Å². The lowest BCUT2D eigenvalue weighted by atomic mass is 10.0. The van der Waals surface area contributed by atoms with Gasteiger partial charge in [0.1, 0.15) is 0 Å². The summed E-state index contributed by atoms with van der Waals surface area (Å²) in [6.07, 6.45) is 33.6. The number of hydrogen-bond donors (Lipinski definition) is 3. The van der Waals surface area contributed by atoms with Crippen LogP contribution >= 0.6 is 0 Å². The van der Waals surface area contributed by atoms with Crippen LogP contribution < -0.4 is 5.32 Å². The Morgan fingerprint density at radius 3 is 1.39 bits per heavy atom. The average Bonchev–Trinajstić information content (AvgIpc) is 2.92. The lowest BCUT2D eigenvalue weighted by molar-refractivity contribution is -0.122. The minimum atomic E-state index is -4.32. The fourth-order valence-electron chi connectivity index (χ4n) is 5.33. The van der Waals surface area contributed by atoms with Crippen LogP contribution in [-0.4, -0.2) is 41.9 Å². The van der Waals surface area contributed by atoms with Crippen LogP contribution in [0.2, 0.25) is 0 Å². The van der Waals surface area contributed by atoms with Gasteiger partial charge in [-0.05, 0) is 19.3 Å². The van der Waals surface area contributed by atoms with Crippen molar-refractivity contribution in [3.05, 3.63) is 12.2 Å². The molecule has 0 heterocycles. The molecule has 6 nitrogen and oxygen atoms in total. The molecule has 0 saturated heterocycles. The van der Waals surface area contributed by atoms with Gasteiger partial charge in [-0.3, -0.25) is 9.35 Å². The number of aliphatic hydroxyl groups is 1. The molecule has 0 rings (SSSR count). The maximum absolute atomic E-state index is 12.4. The normalized spacial score (nSPS) is 13.6. The highest BCUT2D eigenvalue weighted by Gasteiger charge is 2.24. The van der Waals surface area contributed by atoms with E-state index >= 15 is 0 Å². The molecule has 0 aromatic rings. The average molecular weight is 602 g/mol. The van der Waals surface area contributed by atoms with Gasteiger partial charge in [0.05, 0.1) is 17.9 Å². The molecule has 3 N–H and O–H groups in total. The lowest BCUT2D eigenvalue weighted by Crippen LogP contribution is -2.46. The quantitative estimate of drug-likeness (QED) is 0.0417. The maximum Gasteiger partial charge on any atom is 0.267 e. The SMILES string of the molecule is CCCCCCC/C=C/C(O)C(CS(=O)(=O)O)NC(=O)CCCCCCCCCCCCCCCCCCCCC. The van der Waals surface area contributed by atoms with Crippen LogP contribution in [0.1, 0.15) is 181 Å². The van der Waals surface area contributed by atoms with Crippen molar-refractivity contribution in [3.8, 4) is 0 Å². The molecule has 41 heavy (non-hydrogen) atoms. The Hall–Kier alpha value is -0.920. The summed E-state index contributed by atoms with van der Waals surface area (Å²) in [5.41, 5.74) is 0. The molecule has 2 atom stereocenters. The Balaban J connectivity index is 3.81. The fraction of sp³-hybridized carbons (Fsp3) is 0.912. The van der Waals surface area contributed by atoms with Gasteiger partial charge in [-0.2, -0.15) is 8.42 Å². The zero-order chi connectivity index (χ0) is 30.4. The van der Waals surface area contributed by atoms with E-state index in [1.807, 2.05) is 6.08 Å². The molecule has 1 amide bonds. The molecule has 0 aliphatic rings. The molecule has 0 spiro atoms. The highest BCUT2D eigenvalue weighted by Crippen LogP contribution is 2.15. The zero-order valence-corrected chi connectivity index (χ0v) is 27.7. The van der Waals surface area contributed by atoms with Gasteiger partial charge >= 0.3 is 0 Å². The maximum atomic E-state index is 12.4. The van der Waals surface area contributed by atoms with Crippen LogP contribution in [0.15, 0.2) is 12.2 Å². The highest BCUT2D eigenvalue weighted by atomic mass is 32.2. The number of aliphatic hydroxyl groups excluding tert-OH is 1. The first kappa shape index (κ1) is 40.1. The molecule has 0 aliphatic carbocycles. The van der Waals surface area contributed by atoms with E-state index in [9.17, 15) is 22.9 Å².